The van der Waals surface area contributed by atoms with Gasteiger partial charge in [-0.2, -0.15) is 8.78 Å². The van der Waals surface area contributed by atoms with Crippen molar-refractivity contribution in [3.8, 4) is 0 Å². The van der Waals surface area contributed by atoms with Crippen LogP contribution in [-0.4, -0.2) is 53.1 Å². The van der Waals surface area contributed by atoms with Crippen molar-refractivity contribution in [1.29, 1.82) is 0 Å². The third-order valence-corrected chi connectivity index (χ3v) is 4.96. The molecule has 8 nitrogen and oxygen atoms in total. The lowest BCUT2D eigenvalue weighted by Crippen LogP contribution is -2.48. The Morgan fingerprint density at radius 1 is 1.39 bits per heavy atom. The number of aliphatic hydroxyl groups is 1. The molecule has 132 valence electrons. The summed E-state index contributed by atoms with van der Waals surface area (Å²) in [5.41, 5.74) is -1.38. The van der Waals surface area contributed by atoms with Crippen molar-refractivity contribution in [3.63, 3.8) is 0 Å². The van der Waals surface area contributed by atoms with Crippen LogP contribution < -0.4 is 0 Å². The van der Waals surface area contributed by atoms with Gasteiger partial charge in [-0.1, -0.05) is 0 Å². The Bertz CT molecular complexity index is 623. The molecule has 1 saturated heterocycles. The number of halogens is 2. The van der Waals surface area contributed by atoms with Gasteiger partial charge >= 0.3 is 17.2 Å². The number of carbonyl (C=O) groups excluding carboxylic acids is 2. The quantitative estimate of drug-likeness (QED) is 0.539. The molecular formula is C12H15F2O8S-. The molecule has 2 aliphatic rings. The fourth-order valence-electron chi connectivity index (χ4n) is 2.97. The van der Waals surface area contributed by atoms with Crippen LogP contribution in [0.1, 0.15) is 26.7 Å². The number of hydrogen-bond donors (Lipinski definition) is 1. The maximum absolute atomic E-state index is 13.2. The lowest BCUT2D eigenvalue weighted by Gasteiger charge is -2.38. The van der Waals surface area contributed by atoms with E-state index in [0.29, 0.717) is 0 Å². The molecule has 0 aromatic carbocycles. The van der Waals surface area contributed by atoms with Crippen molar-refractivity contribution < 1.29 is 45.9 Å². The largest absolute Gasteiger partial charge is 0.743 e. The Kier molecular flexibility index (Phi) is 4.19. The van der Waals surface area contributed by atoms with Gasteiger partial charge in [0.25, 0.3) is 0 Å². The highest BCUT2D eigenvalue weighted by Crippen LogP contribution is 2.45. The van der Waals surface area contributed by atoms with E-state index in [2.05, 4.69) is 4.74 Å². The average Bonchev–Trinajstić information content (AvgIpc) is 2.67. The van der Waals surface area contributed by atoms with Crippen LogP contribution in [0.4, 0.5) is 8.78 Å². The van der Waals surface area contributed by atoms with Crippen LogP contribution in [0.5, 0.6) is 0 Å². The van der Waals surface area contributed by atoms with Crippen molar-refractivity contribution in [2.24, 2.45) is 11.8 Å². The first-order valence-electron chi connectivity index (χ1n) is 6.72. The number of esters is 2. The van der Waals surface area contributed by atoms with Gasteiger partial charge in [-0.3, -0.25) is 4.79 Å². The van der Waals surface area contributed by atoms with Crippen LogP contribution in [0.3, 0.4) is 0 Å². The molecule has 0 aromatic heterocycles. The predicted molar refractivity (Wildman–Crippen MR) is 66.9 cm³/mol. The summed E-state index contributed by atoms with van der Waals surface area (Å²) in [6, 6.07) is 0. The lowest BCUT2D eigenvalue weighted by atomic mass is 9.71. The van der Waals surface area contributed by atoms with Gasteiger partial charge in [0.2, 0.25) is 0 Å². The standard InChI is InChI=1S/C12H16F2O8S/c1-11(2,17)6-4-8(7-3-5(6)9(15)21-7)22-10(16)12(13,14)23(18,19)20/h5-8,17H,3-4H2,1-2H3,(H,18,19,20)/p-1. The topological polar surface area (TPSA) is 130 Å². The summed E-state index contributed by atoms with van der Waals surface area (Å²) in [6.07, 6.45) is -2.51. The summed E-state index contributed by atoms with van der Waals surface area (Å²) in [4.78, 5) is 23.1. The molecule has 23 heavy (non-hydrogen) atoms. The summed E-state index contributed by atoms with van der Waals surface area (Å²) in [7, 11) is -6.23. The van der Waals surface area contributed by atoms with Gasteiger partial charge in [-0.25, -0.2) is 13.2 Å². The molecule has 1 N–H and O–H groups in total. The summed E-state index contributed by atoms with van der Waals surface area (Å²) in [5, 5.41) is 4.84. The molecule has 1 aliphatic carbocycles. The molecule has 0 radical (unpaired) electrons. The van der Waals surface area contributed by atoms with E-state index in [1.54, 1.807) is 0 Å². The highest BCUT2D eigenvalue weighted by Gasteiger charge is 2.56. The van der Waals surface area contributed by atoms with Crippen LogP contribution in [0.25, 0.3) is 0 Å². The van der Waals surface area contributed by atoms with Gasteiger partial charge in [0, 0.05) is 12.3 Å². The van der Waals surface area contributed by atoms with E-state index in [1.807, 2.05) is 0 Å². The van der Waals surface area contributed by atoms with Gasteiger partial charge in [0.1, 0.15) is 12.2 Å². The minimum atomic E-state index is -6.23. The number of ether oxygens (including phenoxy) is 2. The van der Waals surface area contributed by atoms with Crippen LogP contribution in [0.2, 0.25) is 0 Å². The summed E-state index contributed by atoms with van der Waals surface area (Å²) >= 11 is 0. The molecule has 0 spiro atoms. The van der Waals surface area contributed by atoms with E-state index < -0.39 is 57.0 Å². The van der Waals surface area contributed by atoms with Gasteiger partial charge < -0.3 is 19.1 Å². The van der Waals surface area contributed by atoms with Crippen LogP contribution in [0.15, 0.2) is 0 Å². The maximum Gasteiger partial charge on any atom is 0.428 e. The third-order valence-electron chi connectivity index (χ3n) is 4.16. The first kappa shape index (κ1) is 18.0. The van der Waals surface area contributed by atoms with Gasteiger partial charge in [0.15, 0.2) is 10.1 Å². The summed E-state index contributed by atoms with van der Waals surface area (Å²) in [5.74, 6) is -4.57. The van der Waals surface area contributed by atoms with Crippen molar-refractivity contribution in [2.45, 2.75) is 49.8 Å². The normalized spacial score (nSPS) is 31.7. The highest BCUT2D eigenvalue weighted by molar-refractivity contribution is 7.87. The highest BCUT2D eigenvalue weighted by atomic mass is 32.2. The first-order chi connectivity index (χ1) is 10.2. The van der Waals surface area contributed by atoms with Crippen LogP contribution in [-0.2, 0) is 29.2 Å². The number of alkyl halides is 2. The lowest BCUT2D eigenvalue weighted by molar-refractivity contribution is -0.178. The second-order valence-corrected chi connectivity index (χ2v) is 7.65. The van der Waals surface area contributed by atoms with E-state index in [4.69, 9.17) is 4.74 Å². The van der Waals surface area contributed by atoms with Gasteiger partial charge in [-0.15, -0.1) is 0 Å². The second-order valence-electron chi connectivity index (χ2n) is 6.23. The Labute approximate surface area is 130 Å². The zero-order valence-electron chi connectivity index (χ0n) is 12.2. The third kappa shape index (κ3) is 3.17. The van der Waals surface area contributed by atoms with E-state index in [0.717, 1.165) is 0 Å². The molecule has 4 unspecified atom stereocenters. The minimum absolute atomic E-state index is 0.0428. The average molecular weight is 357 g/mol. The molecule has 4 atom stereocenters. The van der Waals surface area contributed by atoms with Crippen molar-refractivity contribution in [2.75, 3.05) is 0 Å². The fraction of sp³-hybridized carbons (Fsp3) is 0.833. The number of rotatable bonds is 4. The Morgan fingerprint density at radius 2 is 1.96 bits per heavy atom. The predicted octanol–water partition coefficient (Wildman–Crippen LogP) is -0.241. The Morgan fingerprint density at radius 3 is 2.43 bits per heavy atom. The SMILES string of the molecule is CC(C)(O)C1CC(OC(=O)C(F)(F)S(=O)(=O)[O-])C2CC1C(=O)O2. The zero-order valence-corrected chi connectivity index (χ0v) is 13.0. The van der Waals surface area contributed by atoms with Crippen LogP contribution in [0, 0.1) is 11.8 Å². The van der Waals surface area contributed by atoms with E-state index in [9.17, 15) is 36.4 Å². The minimum Gasteiger partial charge on any atom is -0.743 e. The monoisotopic (exact) mass is 357 g/mol. The molecule has 1 aliphatic heterocycles. The Hall–Kier alpha value is -1.33. The molecule has 2 fully saturated rings. The molecule has 11 heteroatoms. The fourth-order valence-corrected chi connectivity index (χ4v) is 3.22. The number of fused-ring (bicyclic) bond motifs is 2. The number of hydrogen-bond acceptors (Lipinski definition) is 8. The van der Waals surface area contributed by atoms with E-state index >= 15 is 0 Å². The molecule has 1 heterocycles. The first-order valence-corrected chi connectivity index (χ1v) is 8.13. The molecule has 0 amide bonds. The van der Waals surface area contributed by atoms with Gasteiger partial charge in [-0.05, 0) is 20.3 Å². The second kappa shape index (κ2) is 5.35. The Balaban J connectivity index is 2.21. The maximum atomic E-state index is 13.2. The molecular weight excluding hydrogens is 342 g/mol. The van der Waals surface area contributed by atoms with Crippen molar-refractivity contribution >= 4 is 22.1 Å². The van der Waals surface area contributed by atoms with E-state index in [1.165, 1.54) is 13.8 Å². The van der Waals surface area contributed by atoms with E-state index in [-0.39, 0.29) is 12.8 Å². The molecule has 1 saturated carbocycles. The zero-order chi connectivity index (χ0) is 17.8. The van der Waals surface area contributed by atoms with Crippen molar-refractivity contribution in [3.05, 3.63) is 0 Å². The van der Waals surface area contributed by atoms with Gasteiger partial charge in [0.05, 0.1) is 11.5 Å². The molecule has 2 rings (SSSR count). The smallest absolute Gasteiger partial charge is 0.428 e. The summed E-state index contributed by atoms with van der Waals surface area (Å²) < 4.78 is 67.1. The molecule has 0 aromatic rings. The number of carbonyl (C=O) groups is 2. The van der Waals surface area contributed by atoms with Crippen molar-refractivity contribution in [1.82, 2.24) is 0 Å². The molecule has 2 bridgehead atoms. The summed E-state index contributed by atoms with van der Waals surface area (Å²) in [6.45, 7) is 2.80. The van der Waals surface area contributed by atoms with Crippen LogP contribution >= 0.6 is 0 Å².